The summed E-state index contributed by atoms with van der Waals surface area (Å²) < 4.78 is 5.04. The van der Waals surface area contributed by atoms with Gasteiger partial charge in [0.15, 0.2) is 0 Å². The van der Waals surface area contributed by atoms with Gasteiger partial charge >= 0.3 is 0 Å². The molecular weight excluding hydrogens is 174 g/mol. The third-order valence-electron chi connectivity index (χ3n) is 2.06. The molecule has 0 aromatic heterocycles. The molecule has 1 rings (SSSR count). The molecule has 71 valence electrons. The highest BCUT2D eigenvalue weighted by atomic mass is 16.5. The normalized spacial score (nSPS) is 11.5. The summed E-state index contributed by atoms with van der Waals surface area (Å²) in [5.41, 5.74) is 1.50. The lowest BCUT2D eigenvalue weighted by atomic mass is 9.99. The molecule has 0 saturated carbocycles. The zero-order valence-electron chi connectivity index (χ0n) is 8.16. The third kappa shape index (κ3) is 1.94. The predicted molar refractivity (Wildman–Crippen MR) is 56.0 cm³/mol. The topological polar surface area (TPSA) is 33.0 Å². The summed E-state index contributed by atoms with van der Waals surface area (Å²) in [6.45, 7) is 7.55. The highest BCUT2D eigenvalue weighted by Crippen LogP contribution is 2.23. The van der Waals surface area contributed by atoms with Crippen LogP contribution in [0, 0.1) is 18.3 Å². The van der Waals surface area contributed by atoms with E-state index in [9.17, 15) is 0 Å². The number of methoxy groups -OCH3 is 1. The van der Waals surface area contributed by atoms with Crippen molar-refractivity contribution in [1.29, 1.82) is 5.26 Å². The lowest BCUT2D eigenvalue weighted by Gasteiger charge is -2.08. The van der Waals surface area contributed by atoms with E-state index >= 15 is 0 Å². The van der Waals surface area contributed by atoms with Gasteiger partial charge in [-0.05, 0) is 24.6 Å². The first-order valence-corrected chi connectivity index (χ1v) is 4.26. The van der Waals surface area contributed by atoms with Gasteiger partial charge in [0.05, 0.1) is 12.7 Å². The van der Waals surface area contributed by atoms with Crippen LogP contribution < -0.4 is 4.74 Å². The fraction of sp³-hybridized carbons (Fsp3) is 0.167. The van der Waals surface area contributed by atoms with Crippen molar-refractivity contribution in [2.45, 2.75) is 5.92 Å². The molecule has 0 saturated heterocycles. The summed E-state index contributed by atoms with van der Waals surface area (Å²) in [6, 6.07) is 7.52. The summed E-state index contributed by atoms with van der Waals surface area (Å²) >= 11 is 0. The summed E-state index contributed by atoms with van der Waals surface area (Å²) in [7, 11) is 1.55. The number of nitriles is 1. The molecule has 0 N–H and O–H groups in total. The van der Waals surface area contributed by atoms with E-state index in [0.717, 1.165) is 5.56 Å². The van der Waals surface area contributed by atoms with Gasteiger partial charge in [0.25, 0.3) is 0 Å². The van der Waals surface area contributed by atoms with Gasteiger partial charge in [-0.2, -0.15) is 5.26 Å². The molecule has 0 spiro atoms. The van der Waals surface area contributed by atoms with Crippen LogP contribution in [0.1, 0.15) is 17.0 Å². The Morgan fingerprint density at radius 2 is 2.29 bits per heavy atom. The van der Waals surface area contributed by atoms with Crippen molar-refractivity contribution in [2.75, 3.05) is 7.11 Å². The maximum absolute atomic E-state index is 8.85. The number of hydrogen-bond donors (Lipinski definition) is 0. The zero-order valence-corrected chi connectivity index (χ0v) is 8.16. The second-order valence-electron chi connectivity index (χ2n) is 2.91. The average Bonchev–Trinajstić information content (AvgIpc) is 2.26. The smallest absolute Gasteiger partial charge is 0.136 e. The number of nitrogens with zero attached hydrogens (tertiary/aromatic N) is 1. The molecule has 1 atom stereocenters. The van der Waals surface area contributed by atoms with Crippen molar-refractivity contribution >= 4 is 0 Å². The monoisotopic (exact) mass is 186 g/mol. The average molecular weight is 186 g/mol. The van der Waals surface area contributed by atoms with Crippen LogP contribution in [0.4, 0.5) is 0 Å². The Hall–Kier alpha value is -1.75. The molecule has 1 aromatic carbocycles. The molecule has 0 fully saturated rings. The Bertz CT molecular complexity index is 376. The minimum absolute atomic E-state index is 0.00741. The molecule has 1 unspecified atom stereocenters. The van der Waals surface area contributed by atoms with E-state index < -0.39 is 0 Å². The molecule has 0 aliphatic carbocycles. The molecular formula is C12H12NO. The largest absolute Gasteiger partial charge is 0.495 e. The fourth-order valence-corrected chi connectivity index (χ4v) is 1.18. The van der Waals surface area contributed by atoms with Crippen LogP contribution in [0.25, 0.3) is 0 Å². The summed E-state index contributed by atoms with van der Waals surface area (Å²) in [5, 5.41) is 8.85. The van der Waals surface area contributed by atoms with Gasteiger partial charge in [0, 0.05) is 5.92 Å². The molecule has 2 heteroatoms. The number of rotatable bonds is 3. The van der Waals surface area contributed by atoms with E-state index in [0.29, 0.717) is 11.3 Å². The summed E-state index contributed by atoms with van der Waals surface area (Å²) in [6.07, 6.45) is 1.74. The number of benzene rings is 1. The Kier molecular flexibility index (Phi) is 3.30. The van der Waals surface area contributed by atoms with Gasteiger partial charge in [-0.3, -0.25) is 0 Å². The first-order chi connectivity index (χ1) is 6.72. The minimum atomic E-state index is 0.00741. The van der Waals surface area contributed by atoms with E-state index in [4.69, 9.17) is 10.00 Å². The molecule has 0 heterocycles. The predicted octanol–water partition coefficient (Wildman–Crippen LogP) is 2.67. The van der Waals surface area contributed by atoms with Gasteiger partial charge in [-0.15, -0.1) is 6.58 Å². The van der Waals surface area contributed by atoms with Gasteiger partial charge in [-0.25, -0.2) is 0 Å². The van der Waals surface area contributed by atoms with Crippen LogP contribution in [0.3, 0.4) is 0 Å². The first-order valence-electron chi connectivity index (χ1n) is 4.26. The van der Waals surface area contributed by atoms with Crippen molar-refractivity contribution < 1.29 is 4.74 Å². The summed E-state index contributed by atoms with van der Waals surface area (Å²) in [4.78, 5) is 0. The summed E-state index contributed by atoms with van der Waals surface area (Å²) in [5.74, 6) is 0.598. The van der Waals surface area contributed by atoms with Crippen LogP contribution in [-0.4, -0.2) is 7.11 Å². The quantitative estimate of drug-likeness (QED) is 0.680. The second kappa shape index (κ2) is 4.48. The number of hydrogen-bond acceptors (Lipinski definition) is 2. The third-order valence-corrected chi connectivity index (χ3v) is 2.06. The van der Waals surface area contributed by atoms with Gasteiger partial charge in [-0.1, -0.05) is 12.1 Å². The molecule has 1 aromatic rings. The Morgan fingerprint density at radius 1 is 1.57 bits per heavy atom. The van der Waals surface area contributed by atoms with Crippen LogP contribution in [0.5, 0.6) is 5.75 Å². The van der Waals surface area contributed by atoms with Gasteiger partial charge in [0.2, 0.25) is 0 Å². The molecule has 1 radical (unpaired) electrons. The molecule has 2 nitrogen and oxygen atoms in total. The standard InChI is InChI=1S/C12H12NO/c1-4-9(2)10-5-6-12(14-3)11(7-10)8-13/h4-7,9H,1-2H2,3H3. The molecule has 0 aliphatic rings. The lowest BCUT2D eigenvalue weighted by Crippen LogP contribution is -1.93. The highest BCUT2D eigenvalue weighted by Gasteiger charge is 2.06. The number of ether oxygens (including phenoxy) is 1. The first kappa shape index (κ1) is 10.3. The van der Waals surface area contributed by atoms with Crippen LogP contribution in [0.15, 0.2) is 30.9 Å². The van der Waals surface area contributed by atoms with E-state index in [1.54, 1.807) is 25.3 Å². The Morgan fingerprint density at radius 3 is 2.79 bits per heavy atom. The lowest BCUT2D eigenvalue weighted by molar-refractivity contribution is 0.413. The molecule has 0 bridgehead atoms. The highest BCUT2D eigenvalue weighted by molar-refractivity contribution is 5.46. The molecule has 14 heavy (non-hydrogen) atoms. The zero-order chi connectivity index (χ0) is 10.6. The van der Waals surface area contributed by atoms with Crippen LogP contribution in [-0.2, 0) is 0 Å². The van der Waals surface area contributed by atoms with Gasteiger partial charge < -0.3 is 4.74 Å². The van der Waals surface area contributed by atoms with Crippen molar-refractivity contribution in [3.63, 3.8) is 0 Å². The van der Waals surface area contributed by atoms with Crippen LogP contribution in [0.2, 0.25) is 0 Å². The van der Waals surface area contributed by atoms with Crippen molar-refractivity contribution in [3.05, 3.63) is 48.9 Å². The van der Waals surface area contributed by atoms with E-state index in [1.807, 2.05) is 6.07 Å². The van der Waals surface area contributed by atoms with Crippen molar-refractivity contribution in [3.8, 4) is 11.8 Å². The minimum Gasteiger partial charge on any atom is -0.495 e. The maximum Gasteiger partial charge on any atom is 0.136 e. The maximum atomic E-state index is 8.85. The van der Waals surface area contributed by atoms with Crippen molar-refractivity contribution in [1.82, 2.24) is 0 Å². The van der Waals surface area contributed by atoms with E-state index in [2.05, 4.69) is 19.6 Å². The van der Waals surface area contributed by atoms with Crippen LogP contribution >= 0.6 is 0 Å². The van der Waals surface area contributed by atoms with Gasteiger partial charge in [0.1, 0.15) is 11.8 Å². The van der Waals surface area contributed by atoms with Crippen molar-refractivity contribution in [2.24, 2.45) is 0 Å². The Labute approximate surface area is 84.4 Å². The van der Waals surface area contributed by atoms with E-state index in [-0.39, 0.29) is 5.92 Å². The molecule has 0 aliphatic heterocycles. The SMILES string of the molecule is [CH2]C(C=C)c1ccc(OC)c(C#N)c1. The second-order valence-corrected chi connectivity index (χ2v) is 2.91. The van der Waals surface area contributed by atoms with E-state index in [1.165, 1.54) is 0 Å². The molecule has 0 amide bonds. The Balaban J connectivity index is 3.15. The fourth-order valence-electron chi connectivity index (χ4n) is 1.18. The number of allylic oxidation sites excluding steroid dienone is 1.